The lowest BCUT2D eigenvalue weighted by Gasteiger charge is -2.09. The van der Waals surface area contributed by atoms with Crippen LogP contribution in [0.3, 0.4) is 0 Å². The fraction of sp³-hybridized carbons (Fsp3) is 0.214. The van der Waals surface area contributed by atoms with Crippen molar-refractivity contribution in [1.29, 1.82) is 0 Å². The van der Waals surface area contributed by atoms with Crippen LogP contribution in [0, 0.1) is 12.7 Å². The highest BCUT2D eigenvalue weighted by molar-refractivity contribution is 7.89. The first-order valence-corrected chi connectivity index (χ1v) is 7.72. The van der Waals surface area contributed by atoms with E-state index in [4.69, 9.17) is 5.11 Å². The van der Waals surface area contributed by atoms with Gasteiger partial charge in [-0.1, -0.05) is 12.1 Å². The van der Waals surface area contributed by atoms with Gasteiger partial charge in [-0.25, -0.2) is 17.5 Å². The minimum Gasteiger partial charge on any atom is -0.392 e. The summed E-state index contributed by atoms with van der Waals surface area (Å²) in [7, 11) is -4.01. The lowest BCUT2D eigenvalue weighted by molar-refractivity contribution is 0.281. The fourth-order valence-corrected chi connectivity index (χ4v) is 2.91. The Labute approximate surface area is 122 Å². The molecular formula is C14H15FN2O3S. The molecule has 0 atom stereocenters. The van der Waals surface area contributed by atoms with Crippen molar-refractivity contribution in [3.8, 4) is 0 Å². The Hall–Kier alpha value is -1.83. The second-order valence-electron chi connectivity index (χ2n) is 4.51. The molecule has 1 heterocycles. The summed E-state index contributed by atoms with van der Waals surface area (Å²) in [5.74, 6) is -0.863. The van der Waals surface area contributed by atoms with Crippen LogP contribution in [0.1, 0.15) is 16.8 Å². The molecule has 7 heteroatoms. The van der Waals surface area contributed by atoms with Crippen molar-refractivity contribution in [2.45, 2.75) is 25.0 Å². The van der Waals surface area contributed by atoms with E-state index in [1.54, 1.807) is 12.3 Å². The van der Waals surface area contributed by atoms with Crippen LogP contribution in [-0.4, -0.2) is 18.5 Å². The average molecular weight is 310 g/mol. The normalized spacial score (nSPS) is 11.6. The maximum absolute atomic E-state index is 13.7. The molecule has 0 fully saturated rings. The van der Waals surface area contributed by atoms with Gasteiger partial charge in [0, 0.05) is 6.20 Å². The van der Waals surface area contributed by atoms with E-state index in [1.165, 1.54) is 6.07 Å². The zero-order valence-corrected chi connectivity index (χ0v) is 12.2. The molecule has 1 aromatic carbocycles. The number of halogens is 1. The molecule has 2 aromatic rings. The second-order valence-corrected chi connectivity index (χ2v) is 6.25. The molecule has 0 aliphatic carbocycles. The summed E-state index contributed by atoms with van der Waals surface area (Å²) in [6, 6.07) is 7.02. The molecule has 0 bridgehead atoms. The molecule has 0 saturated carbocycles. The fourth-order valence-electron chi connectivity index (χ4n) is 1.80. The topological polar surface area (TPSA) is 79.3 Å². The lowest BCUT2D eigenvalue weighted by atomic mass is 10.2. The van der Waals surface area contributed by atoms with E-state index in [-0.39, 0.29) is 13.2 Å². The van der Waals surface area contributed by atoms with E-state index < -0.39 is 20.7 Å². The van der Waals surface area contributed by atoms with Gasteiger partial charge >= 0.3 is 0 Å². The third-order valence-corrected chi connectivity index (χ3v) is 4.43. The predicted molar refractivity (Wildman–Crippen MR) is 75.3 cm³/mol. The predicted octanol–water partition coefficient (Wildman–Crippen LogP) is 1.50. The van der Waals surface area contributed by atoms with Crippen molar-refractivity contribution in [1.82, 2.24) is 9.71 Å². The highest BCUT2D eigenvalue weighted by Gasteiger charge is 2.19. The summed E-state index contributed by atoms with van der Waals surface area (Å²) in [5.41, 5.74) is 1.73. The molecule has 5 nitrogen and oxygen atoms in total. The van der Waals surface area contributed by atoms with Crippen molar-refractivity contribution in [2.24, 2.45) is 0 Å². The molecule has 21 heavy (non-hydrogen) atoms. The zero-order chi connectivity index (χ0) is 15.5. The summed E-state index contributed by atoms with van der Waals surface area (Å²) < 4.78 is 40.3. The van der Waals surface area contributed by atoms with Crippen LogP contribution >= 0.6 is 0 Å². The smallest absolute Gasteiger partial charge is 0.243 e. The van der Waals surface area contributed by atoms with Crippen LogP contribution in [0.4, 0.5) is 4.39 Å². The first-order chi connectivity index (χ1) is 9.94. The molecule has 0 unspecified atom stereocenters. The van der Waals surface area contributed by atoms with Crippen molar-refractivity contribution in [3.05, 3.63) is 59.2 Å². The van der Waals surface area contributed by atoms with Gasteiger partial charge in [0.25, 0.3) is 0 Å². The molecule has 112 valence electrons. The highest BCUT2D eigenvalue weighted by Crippen LogP contribution is 2.17. The van der Waals surface area contributed by atoms with E-state index in [1.807, 2.05) is 13.0 Å². The highest BCUT2D eigenvalue weighted by atomic mass is 32.2. The third-order valence-electron chi connectivity index (χ3n) is 3.02. The number of aromatic nitrogens is 1. The molecule has 0 aliphatic rings. The summed E-state index contributed by atoms with van der Waals surface area (Å²) in [6.07, 6.45) is 1.56. The maximum Gasteiger partial charge on any atom is 0.243 e. The van der Waals surface area contributed by atoms with Gasteiger partial charge in [0.05, 0.1) is 18.8 Å². The van der Waals surface area contributed by atoms with E-state index in [0.717, 1.165) is 17.7 Å². The van der Waals surface area contributed by atoms with E-state index in [2.05, 4.69) is 9.71 Å². The van der Waals surface area contributed by atoms with Crippen molar-refractivity contribution in [2.75, 3.05) is 0 Å². The van der Waals surface area contributed by atoms with Gasteiger partial charge in [-0.15, -0.1) is 0 Å². The Balaban J connectivity index is 2.25. The van der Waals surface area contributed by atoms with Crippen LogP contribution in [0.15, 0.2) is 41.4 Å². The third kappa shape index (κ3) is 3.63. The Morgan fingerprint density at radius 2 is 2.10 bits per heavy atom. The standard InChI is InChI=1S/C14H15FN2O3S/c1-10-3-2-6-16-13(10)8-17-21(19,20)14-7-11(9-18)4-5-12(14)15/h2-7,17-18H,8-9H2,1H3. The minimum absolute atomic E-state index is 0.0300. The number of aryl methyl sites for hydroxylation is 1. The van der Waals surface area contributed by atoms with E-state index in [0.29, 0.717) is 11.3 Å². The molecule has 0 aliphatic heterocycles. The molecule has 0 spiro atoms. The first-order valence-electron chi connectivity index (χ1n) is 6.23. The van der Waals surface area contributed by atoms with Gasteiger partial charge in [0.2, 0.25) is 10.0 Å². The average Bonchev–Trinajstić information content (AvgIpc) is 2.47. The quantitative estimate of drug-likeness (QED) is 0.877. The molecule has 0 saturated heterocycles. The summed E-state index contributed by atoms with van der Waals surface area (Å²) in [6.45, 7) is 1.42. The summed E-state index contributed by atoms with van der Waals surface area (Å²) in [4.78, 5) is 3.59. The Bertz CT molecular complexity index is 748. The van der Waals surface area contributed by atoms with E-state index >= 15 is 0 Å². The summed E-state index contributed by atoms with van der Waals surface area (Å²) >= 11 is 0. The SMILES string of the molecule is Cc1cccnc1CNS(=O)(=O)c1cc(CO)ccc1F. The van der Waals surface area contributed by atoms with Gasteiger partial charge in [-0.2, -0.15) is 0 Å². The molecule has 1 aromatic heterocycles. The zero-order valence-electron chi connectivity index (χ0n) is 11.4. The number of aliphatic hydroxyl groups is 1. The van der Waals surface area contributed by atoms with Crippen LogP contribution in [-0.2, 0) is 23.2 Å². The van der Waals surface area contributed by atoms with Gasteiger partial charge in [0.1, 0.15) is 10.7 Å². The Morgan fingerprint density at radius 3 is 2.76 bits per heavy atom. The van der Waals surface area contributed by atoms with Gasteiger partial charge in [-0.3, -0.25) is 4.98 Å². The number of nitrogens with zero attached hydrogens (tertiary/aromatic N) is 1. The van der Waals surface area contributed by atoms with E-state index in [9.17, 15) is 12.8 Å². The Morgan fingerprint density at radius 1 is 1.33 bits per heavy atom. The molecule has 0 amide bonds. The molecule has 2 rings (SSSR count). The van der Waals surface area contributed by atoms with Gasteiger partial charge in [0.15, 0.2) is 0 Å². The number of nitrogens with one attached hydrogen (secondary N) is 1. The van der Waals surface area contributed by atoms with Gasteiger partial charge in [-0.05, 0) is 36.2 Å². The van der Waals surface area contributed by atoms with Crippen molar-refractivity contribution >= 4 is 10.0 Å². The van der Waals surface area contributed by atoms with Crippen LogP contribution in [0.25, 0.3) is 0 Å². The molecular weight excluding hydrogens is 295 g/mol. The number of sulfonamides is 1. The molecule has 0 radical (unpaired) electrons. The minimum atomic E-state index is -4.01. The first kappa shape index (κ1) is 15.6. The lowest BCUT2D eigenvalue weighted by Crippen LogP contribution is -2.25. The summed E-state index contributed by atoms with van der Waals surface area (Å²) in [5, 5.41) is 9.02. The van der Waals surface area contributed by atoms with Crippen molar-refractivity contribution in [3.63, 3.8) is 0 Å². The molecule has 2 N–H and O–H groups in total. The van der Waals surface area contributed by atoms with Crippen LogP contribution in [0.5, 0.6) is 0 Å². The monoisotopic (exact) mass is 310 g/mol. The second kappa shape index (κ2) is 6.30. The van der Waals surface area contributed by atoms with Crippen LogP contribution in [0.2, 0.25) is 0 Å². The maximum atomic E-state index is 13.7. The van der Waals surface area contributed by atoms with Gasteiger partial charge < -0.3 is 5.11 Å². The number of benzene rings is 1. The number of hydrogen-bond donors (Lipinski definition) is 2. The largest absolute Gasteiger partial charge is 0.392 e. The number of pyridine rings is 1. The number of hydrogen-bond acceptors (Lipinski definition) is 4. The number of rotatable bonds is 5. The van der Waals surface area contributed by atoms with Crippen LogP contribution < -0.4 is 4.72 Å². The van der Waals surface area contributed by atoms with Crippen molar-refractivity contribution < 1.29 is 17.9 Å². The Kier molecular flexibility index (Phi) is 4.66. The number of aliphatic hydroxyl groups excluding tert-OH is 1.